The number of anilines is 1. The molecule has 0 unspecified atom stereocenters. The molecule has 1 aliphatic heterocycles. The molecule has 0 radical (unpaired) electrons. The largest absolute Gasteiger partial charge is 0.356 e. The normalized spacial score (nSPS) is 20.5. The van der Waals surface area contributed by atoms with E-state index in [0.29, 0.717) is 6.54 Å². The quantitative estimate of drug-likeness (QED) is 0.670. The van der Waals surface area contributed by atoms with E-state index in [4.69, 9.17) is 0 Å². The van der Waals surface area contributed by atoms with E-state index >= 15 is 0 Å². The molecule has 1 heterocycles. The Balaban J connectivity index is 2.22. The van der Waals surface area contributed by atoms with Gasteiger partial charge in [0.2, 0.25) is 0 Å². The lowest BCUT2D eigenvalue weighted by molar-refractivity contribution is 0.602. The van der Waals surface area contributed by atoms with Crippen LogP contribution in [0.2, 0.25) is 0 Å². The van der Waals surface area contributed by atoms with E-state index in [1.165, 1.54) is 0 Å². The van der Waals surface area contributed by atoms with Crippen molar-refractivity contribution in [2.75, 3.05) is 23.1 Å². The number of para-hydroxylation sites is 1. The molecule has 0 atom stereocenters. The van der Waals surface area contributed by atoms with E-state index in [1.54, 1.807) is 0 Å². The van der Waals surface area contributed by atoms with Crippen LogP contribution in [0.25, 0.3) is 0 Å². The molecule has 70 valence electrons. The summed E-state index contributed by atoms with van der Waals surface area (Å²) < 4.78 is 22.3. The van der Waals surface area contributed by atoms with Gasteiger partial charge in [0, 0.05) is 12.2 Å². The summed E-state index contributed by atoms with van der Waals surface area (Å²) in [5.74, 6) is 0.443. The van der Waals surface area contributed by atoms with E-state index in [-0.39, 0.29) is 11.6 Å². The maximum Gasteiger partial charge on any atom is 0.170 e. The van der Waals surface area contributed by atoms with Crippen molar-refractivity contribution < 1.29 is 8.42 Å². The number of hydrogen-bond acceptors (Lipinski definition) is 3. The van der Waals surface area contributed by atoms with Crippen molar-refractivity contribution in [1.82, 2.24) is 0 Å². The van der Waals surface area contributed by atoms with E-state index in [1.807, 2.05) is 35.2 Å². The number of benzene rings is 1. The summed E-state index contributed by atoms with van der Waals surface area (Å²) in [7, 11) is -2.82. The SMILES string of the molecule is O=S1(=O)CCN(c2ccccc2)C1. The van der Waals surface area contributed by atoms with Crippen LogP contribution in [0.1, 0.15) is 0 Å². The van der Waals surface area contributed by atoms with Crippen LogP contribution in [0, 0.1) is 0 Å². The van der Waals surface area contributed by atoms with Gasteiger partial charge in [-0.3, -0.25) is 0 Å². The van der Waals surface area contributed by atoms with Gasteiger partial charge in [-0.05, 0) is 12.1 Å². The molecule has 0 amide bonds. The van der Waals surface area contributed by atoms with E-state index < -0.39 is 9.84 Å². The third kappa shape index (κ3) is 1.83. The second-order valence-corrected chi connectivity index (χ2v) is 5.33. The van der Waals surface area contributed by atoms with Crippen LogP contribution in [-0.4, -0.2) is 26.6 Å². The van der Waals surface area contributed by atoms with Gasteiger partial charge in [-0.1, -0.05) is 18.2 Å². The molecule has 13 heavy (non-hydrogen) atoms. The Bertz CT molecular complexity index is 385. The Morgan fingerprint density at radius 3 is 2.38 bits per heavy atom. The van der Waals surface area contributed by atoms with Crippen LogP contribution in [-0.2, 0) is 9.84 Å². The molecule has 1 aliphatic rings. The molecule has 0 bridgehead atoms. The van der Waals surface area contributed by atoms with Crippen molar-refractivity contribution in [2.45, 2.75) is 0 Å². The molecular formula is C9H11NO2S. The molecular weight excluding hydrogens is 186 g/mol. The van der Waals surface area contributed by atoms with Gasteiger partial charge in [0.05, 0.1) is 5.75 Å². The van der Waals surface area contributed by atoms with Gasteiger partial charge in [0.25, 0.3) is 0 Å². The highest BCUT2D eigenvalue weighted by Gasteiger charge is 2.25. The molecule has 0 spiro atoms. The van der Waals surface area contributed by atoms with Crippen LogP contribution in [0.3, 0.4) is 0 Å². The second kappa shape index (κ2) is 3.03. The molecule has 1 aromatic carbocycles. The zero-order valence-corrected chi connectivity index (χ0v) is 8.00. The summed E-state index contributed by atoms with van der Waals surface area (Å²) in [6.07, 6.45) is 0. The average molecular weight is 197 g/mol. The maximum atomic E-state index is 11.2. The number of rotatable bonds is 1. The zero-order valence-electron chi connectivity index (χ0n) is 7.18. The minimum absolute atomic E-state index is 0.164. The Kier molecular flexibility index (Phi) is 2.00. The average Bonchev–Trinajstić information content (AvgIpc) is 2.48. The van der Waals surface area contributed by atoms with Gasteiger partial charge in [0.1, 0.15) is 5.88 Å². The first-order valence-corrected chi connectivity index (χ1v) is 6.00. The molecule has 4 heteroatoms. The summed E-state index contributed by atoms with van der Waals surface area (Å²) in [5, 5.41) is 0. The third-order valence-electron chi connectivity index (χ3n) is 2.15. The zero-order chi connectivity index (χ0) is 9.31. The fraction of sp³-hybridized carbons (Fsp3) is 0.333. The number of hydrogen-bond donors (Lipinski definition) is 0. The maximum absolute atomic E-state index is 11.2. The van der Waals surface area contributed by atoms with Crippen molar-refractivity contribution in [3.05, 3.63) is 30.3 Å². The topological polar surface area (TPSA) is 37.4 Å². The summed E-state index contributed by atoms with van der Waals surface area (Å²) in [6, 6.07) is 9.62. The van der Waals surface area contributed by atoms with Crippen molar-refractivity contribution in [3.8, 4) is 0 Å². The Labute approximate surface area is 77.9 Å². The van der Waals surface area contributed by atoms with Gasteiger partial charge in [-0.2, -0.15) is 0 Å². The monoisotopic (exact) mass is 197 g/mol. The summed E-state index contributed by atoms with van der Waals surface area (Å²) in [6.45, 7) is 0.617. The van der Waals surface area contributed by atoms with Crippen molar-refractivity contribution in [1.29, 1.82) is 0 Å². The third-order valence-corrected chi connectivity index (χ3v) is 3.66. The van der Waals surface area contributed by atoms with Gasteiger partial charge < -0.3 is 4.90 Å². The molecule has 0 saturated carbocycles. The molecule has 1 aromatic rings. The summed E-state index contributed by atoms with van der Waals surface area (Å²) in [5.41, 5.74) is 0.989. The lowest BCUT2D eigenvalue weighted by Gasteiger charge is -2.14. The molecule has 0 N–H and O–H groups in total. The molecule has 1 fully saturated rings. The molecule has 0 aliphatic carbocycles. The minimum atomic E-state index is -2.82. The van der Waals surface area contributed by atoms with Crippen LogP contribution in [0.4, 0.5) is 5.69 Å². The van der Waals surface area contributed by atoms with Gasteiger partial charge in [0.15, 0.2) is 9.84 Å². The van der Waals surface area contributed by atoms with Crippen molar-refractivity contribution >= 4 is 15.5 Å². The van der Waals surface area contributed by atoms with Crippen LogP contribution < -0.4 is 4.90 Å². The molecule has 3 nitrogen and oxygen atoms in total. The first kappa shape index (κ1) is 8.56. The predicted octanol–water partition coefficient (Wildman–Crippen LogP) is 0.879. The van der Waals surface area contributed by atoms with Crippen LogP contribution in [0.5, 0.6) is 0 Å². The number of nitrogens with zero attached hydrogens (tertiary/aromatic N) is 1. The molecule has 2 rings (SSSR count). The molecule has 1 saturated heterocycles. The lowest BCUT2D eigenvalue weighted by atomic mass is 10.3. The smallest absolute Gasteiger partial charge is 0.170 e. The predicted molar refractivity (Wildman–Crippen MR) is 52.4 cm³/mol. The highest BCUT2D eigenvalue weighted by atomic mass is 32.2. The van der Waals surface area contributed by atoms with Gasteiger partial charge in [-0.25, -0.2) is 8.42 Å². The lowest BCUT2D eigenvalue weighted by Crippen LogP contribution is -2.19. The number of sulfone groups is 1. The standard InChI is InChI=1S/C9H11NO2S/c11-13(12)7-6-10(8-13)9-4-2-1-3-5-9/h1-5H,6-8H2. The van der Waals surface area contributed by atoms with E-state index in [2.05, 4.69) is 0 Å². The van der Waals surface area contributed by atoms with Gasteiger partial charge >= 0.3 is 0 Å². The Morgan fingerprint density at radius 2 is 1.85 bits per heavy atom. The van der Waals surface area contributed by atoms with Gasteiger partial charge in [-0.15, -0.1) is 0 Å². The Morgan fingerprint density at radius 1 is 1.15 bits per heavy atom. The minimum Gasteiger partial charge on any atom is -0.356 e. The van der Waals surface area contributed by atoms with Crippen molar-refractivity contribution in [3.63, 3.8) is 0 Å². The second-order valence-electron chi connectivity index (χ2n) is 3.18. The fourth-order valence-corrected chi connectivity index (χ4v) is 2.84. The summed E-state index contributed by atoms with van der Waals surface area (Å²) >= 11 is 0. The first-order valence-electron chi connectivity index (χ1n) is 4.18. The van der Waals surface area contributed by atoms with E-state index in [0.717, 1.165) is 5.69 Å². The van der Waals surface area contributed by atoms with E-state index in [9.17, 15) is 8.42 Å². The van der Waals surface area contributed by atoms with Crippen LogP contribution >= 0.6 is 0 Å². The highest BCUT2D eigenvalue weighted by molar-refractivity contribution is 7.91. The first-order chi connectivity index (χ1) is 6.17. The Hall–Kier alpha value is -1.03. The fourth-order valence-electron chi connectivity index (χ4n) is 1.46. The van der Waals surface area contributed by atoms with Crippen LogP contribution in [0.15, 0.2) is 30.3 Å². The molecule has 0 aromatic heterocycles. The summed E-state index contributed by atoms with van der Waals surface area (Å²) in [4.78, 5) is 1.88. The van der Waals surface area contributed by atoms with Crippen molar-refractivity contribution in [2.24, 2.45) is 0 Å². The highest BCUT2D eigenvalue weighted by Crippen LogP contribution is 2.18.